The zero-order chi connectivity index (χ0) is 12.3. The van der Waals surface area contributed by atoms with Gasteiger partial charge in [0.1, 0.15) is 0 Å². The van der Waals surface area contributed by atoms with Gasteiger partial charge in [-0.2, -0.15) is 0 Å². The summed E-state index contributed by atoms with van der Waals surface area (Å²) in [7, 11) is -3.53. The average Bonchev–Trinajstić information content (AvgIpc) is 2.16. The van der Waals surface area contributed by atoms with Crippen LogP contribution in [0, 0.1) is 13.8 Å². The van der Waals surface area contributed by atoms with Crippen LogP contribution in [0.15, 0.2) is 23.1 Å². The number of rotatable bonds is 4. The maximum Gasteiger partial charge on any atom is 0.241 e. The Balaban J connectivity index is 3.08. The minimum absolute atomic E-state index is 0.218. The molecule has 0 fully saturated rings. The van der Waals surface area contributed by atoms with Crippen LogP contribution >= 0.6 is 0 Å². The quantitative estimate of drug-likeness (QED) is 0.828. The van der Waals surface area contributed by atoms with E-state index >= 15 is 0 Å². The number of aryl methyl sites for hydroxylation is 2. The summed E-state index contributed by atoms with van der Waals surface area (Å²) in [5, 5.41) is 8.83. The number of aliphatic hydroxyl groups excluding tert-OH is 1. The molecule has 0 amide bonds. The van der Waals surface area contributed by atoms with Gasteiger partial charge in [-0.25, -0.2) is 13.1 Å². The van der Waals surface area contributed by atoms with Gasteiger partial charge in [0.15, 0.2) is 0 Å². The fraction of sp³-hybridized carbons (Fsp3) is 0.455. The summed E-state index contributed by atoms with van der Waals surface area (Å²) in [4.78, 5) is 0.262. The molecule has 0 bridgehead atoms. The van der Waals surface area contributed by atoms with Crippen molar-refractivity contribution in [3.05, 3.63) is 29.3 Å². The molecule has 0 aliphatic carbocycles. The van der Waals surface area contributed by atoms with Crippen molar-refractivity contribution in [1.82, 2.24) is 4.72 Å². The van der Waals surface area contributed by atoms with Gasteiger partial charge < -0.3 is 5.11 Å². The molecule has 0 heterocycles. The van der Waals surface area contributed by atoms with Crippen LogP contribution in [0.2, 0.25) is 0 Å². The second-order valence-electron chi connectivity index (χ2n) is 3.97. The Bertz CT molecular complexity index is 468. The van der Waals surface area contributed by atoms with E-state index in [4.69, 9.17) is 5.11 Å². The summed E-state index contributed by atoms with van der Waals surface area (Å²) >= 11 is 0. The lowest BCUT2D eigenvalue weighted by Crippen LogP contribution is -2.35. The van der Waals surface area contributed by atoms with Gasteiger partial charge in [0.05, 0.1) is 11.5 Å². The topological polar surface area (TPSA) is 66.4 Å². The molecule has 0 unspecified atom stereocenters. The standard InChI is InChI=1S/C11H17NO3S/c1-8-4-5-11(9(2)6-8)16(14,15)12-10(3)7-13/h4-6,10,12-13H,7H2,1-3H3/t10-/m1/s1. The molecule has 0 aliphatic heterocycles. The fourth-order valence-electron chi connectivity index (χ4n) is 1.47. The highest BCUT2D eigenvalue weighted by atomic mass is 32.2. The van der Waals surface area contributed by atoms with E-state index in [1.807, 2.05) is 13.0 Å². The predicted octanol–water partition coefficient (Wildman–Crippen LogP) is 0.963. The second-order valence-corrected chi connectivity index (χ2v) is 5.66. The maximum absolute atomic E-state index is 11.9. The SMILES string of the molecule is Cc1ccc(S(=O)(=O)N[C@H](C)CO)c(C)c1. The highest BCUT2D eigenvalue weighted by Gasteiger charge is 2.18. The van der Waals surface area contributed by atoms with Gasteiger partial charge in [-0.15, -0.1) is 0 Å². The van der Waals surface area contributed by atoms with E-state index in [2.05, 4.69) is 4.72 Å². The van der Waals surface area contributed by atoms with Gasteiger partial charge in [-0.1, -0.05) is 17.7 Å². The van der Waals surface area contributed by atoms with E-state index in [9.17, 15) is 8.42 Å². The molecule has 2 N–H and O–H groups in total. The Morgan fingerprint density at radius 3 is 2.50 bits per heavy atom. The smallest absolute Gasteiger partial charge is 0.241 e. The predicted molar refractivity (Wildman–Crippen MR) is 62.8 cm³/mol. The minimum atomic E-state index is -3.53. The van der Waals surface area contributed by atoms with Crippen molar-refractivity contribution in [2.75, 3.05) is 6.61 Å². The molecule has 1 aromatic rings. The number of benzene rings is 1. The van der Waals surface area contributed by atoms with Crippen molar-refractivity contribution >= 4 is 10.0 Å². The van der Waals surface area contributed by atoms with Crippen molar-refractivity contribution < 1.29 is 13.5 Å². The Morgan fingerprint density at radius 1 is 1.38 bits per heavy atom. The molecule has 0 saturated carbocycles. The Morgan fingerprint density at radius 2 is 2.00 bits per heavy atom. The molecule has 1 aromatic carbocycles. The number of hydrogen-bond acceptors (Lipinski definition) is 3. The van der Waals surface area contributed by atoms with Gasteiger partial charge in [-0.3, -0.25) is 0 Å². The summed E-state index contributed by atoms with van der Waals surface area (Å²) in [5.41, 5.74) is 1.73. The van der Waals surface area contributed by atoms with Gasteiger partial charge in [-0.05, 0) is 32.4 Å². The summed E-state index contributed by atoms with van der Waals surface area (Å²) in [6, 6.07) is 4.67. The molecule has 90 valence electrons. The van der Waals surface area contributed by atoms with Crippen molar-refractivity contribution in [2.45, 2.75) is 31.7 Å². The van der Waals surface area contributed by atoms with E-state index in [0.717, 1.165) is 5.56 Å². The van der Waals surface area contributed by atoms with Gasteiger partial charge >= 0.3 is 0 Å². The van der Waals surface area contributed by atoms with Crippen LogP contribution in [0.4, 0.5) is 0 Å². The normalized spacial score (nSPS) is 13.8. The van der Waals surface area contributed by atoms with Crippen molar-refractivity contribution in [1.29, 1.82) is 0 Å². The highest BCUT2D eigenvalue weighted by Crippen LogP contribution is 2.16. The zero-order valence-electron chi connectivity index (χ0n) is 9.69. The molecule has 0 saturated heterocycles. The molecule has 0 radical (unpaired) electrons. The average molecular weight is 243 g/mol. The summed E-state index contributed by atoms with van der Waals surface area (Å²) in [6.07, 6.45) is 0. The van der Waals surface area contributed by atoms with Crippen LogP contribution in [0.25, 0.3) is 0 Å². The molecule has 5 heteroatoms. The molecular formula is C11H17NO3S. The summed E-state index contributed by atoms with van der Waals surface area (Å²) in [5.74, 6) is 0. The Labute approximate surface area is 96.4 Å². The van der Waals surface area contributed by atoms with E-state index < -0.39 is 16.1 Å². The first-order valence-corrected chi connectivity index (χ1v) is 6.55. The molecule has 1 atom stereocenters. The lowest BCUT2D eigenvalue weighted by Gasteiger charge is -2.13. The van der Waals surface area contributed by atoms with Crippen molar-refractivity contribution in [2.24, 2.45) is 0 Å². The van der Waals surface area contributed by atoms with Crippen molar-refractivity contribution in [3.8, 4) is 0 Å². The van der Waals surface area contributed by atoms with Crippen LogP contribution in [0.1, 0.15) is 18.1 Å². The molecule has 0 aromatic heterocycles. The lowest BCUT2D eigenvalue weighted by molar-refractivity contribution is 0.265. The van der Waals surface area contributed by atoms with Gasteiger partial charge in [0, 0.05) is 6.04 Å². The molecule has 0 aliphatic rings. The number of hydrogen-bond donors (Lipinski definition) is 2. The lowest BCUT2D eigenvalue weighted by atomic mass is 10.2. The van der Waals surface area contributed by atoms with Crippen LogP contribution in [0.5, 0.6) is 0 Å². The number of nitrogens with one attached hydrogen (secondary N) is 1. The number of sulfonamides is 1. The van der Waals surface area contributed by atoms with E-state index in [0.29, 0.717) is 5.56 Å². The monoisotopic (exact) mass is 243 g/mol. The fourth-order valence-corrected chi connectivity index (χ4v) is 2.93. The third kappa shape index (κ3) is 3.04. The van der Waals surface area contributed by atoms with E-state index in [1.54, 1.807) is 26.0 Å². The Kier molecular flexibility index (Phi) is 4.07. The highest BCUT2D eigenvalue weighted by molar-refractivity contribution is 7.89. The van der Waals surface area contributed by atoms with Gasteiger partial charge in [0.2, 0.25) is 10.0 Å². The number of aliphatic hydroxyl groups is 1. The third-order valence-electron chi connectivity index (χ3n) is 2.25. The molecule has 1 rings (SSSR count). The molecular weight excluding hydrogens is 226 g/mol. The van der Waals surface area contributed by atoms with Crippen LogP contribution in [0.3, 0.4) is 0 Å². The largest absolute Gasteiger partial charge is 0.395 e. The Hall–Kier alpha value is -0.910. The second kappa shape index (κ2) is 4.95. The van der Waals surface area contributed by atoms with Crippen LogP contribution in [-0.2, 0) is 10.0 Å². The minimum Gasteiger partial charge on any atom is -0.395 e. The van der Waals surface area contributed by atoms with Crippen molar-refractivity contribution in [3.63, 3.8) is 0 Å². The van der Waals surface area contributed by atoms with E-state index in [1.165, 1.54) is 0 Å². The third-order valence-corrected chi connectivity index (χ3v) is 4.00. The summed E-state index contributed by atoms with van der Waals surface area (Å²) < 4.78 is 26.2. The first-order chi connectivity index (χ1) is 7.36. The first-order valence-electron chi connectivity index (χ1n) is 5.07. The first kappa shape index (κ1) is 13.2. The van der Waals surface area contributed by atoms with E-state index in [-0.39, 0.29) is 11.5 Å². The van der Waals surface area contributed by atoms with Gasteiger partial charge in [0.25, 0.3) is 0 Å². The summed E-state index contributed by atoms with van der Waals surface area (Å²) in [6.45, 7) is 5.06. The maximum atomic E-state index is 11.9. The molecule has 16 heavy (non-hydrogen) atoms. The van der Waals surface area contributed by atoms with Crippen LogP contribution in [-0.4, -0.2) is 26.2 Å². The zero-order valence-corrected chi connectivity index (χ0v) is 10.5. The molecule has 4 nitrogen and oxygen atoms in total. The van der Waals surface area contributed by atoms with Crippen LogP contribution < -0.4 is 4.72 Å². The molecule has 0 spiro atoms.